The zero-order chi connectivity index (χ0) is 17.6. The van der Waals surface area contributed by atoms with Crippen molar-refractivity contribution in [1.29, 1.82) is 0 Å². The maximum absolute atomic E-state index is 12.7. The fraction of sp³-hybridized carbons (Fsp3) is 0.421. The van der Waals surface area contributed by atoms with Crippen LogP contribution in [0.2, 0.25) is 0 Å². The van der Waals surface area contributed by atoms with Gasteiger partial charge in [0, 0.05) is 12.2 Å². The van der Waals surface area contributed by atoms with Gasteiger partial charge >= 0.3 is 5.97 Å². The number of allylic oxidation sites excluding steroid dienone is 2. The molecule has 0 spiro atoms. The number of aliphatic carboxylic acids is 1. The first-order valence-corrected chi connectivity index (χ1v) is 8.64. The highest BCUT2D eigenvalue weighted by molar-refractivity contribution is 6.01. The van der Waals surface area contributed by atoms with Crippen molar-refractivity contribution in [2.45, 2.75) is 18.9 Å². The van der Waals surface area contributed by atoms with Crippen LogP contribution in [0.15, 0.2) is 42.5 Å². The Balaban J connectivity index is 1.46. The minimum absolute atomic E-state index is 0.0344. The van der Waals surface area contributed by atoms with Crippen LogP contribution in [-0.2, 0) is 14.4 Å². The third-order valence-corrected chi connectivity index (χ3v) is 5.64. The van der Waals surface area contributed by atoms with Crippen molar-refractivity contribution in [2.75, 3.05) is 11.4 Å². The summed E-state index contributed by atoms with van der Waals surface area (Å²) in [6, 6.07) is 8.77. The van der Waals surface area contributed by atoms with Gasteiger partial charge in [-0.05, 0) is 36.8 Å². The highest BCUT2D eigenvalue weighted by Gasteiger charge is 2.52. The molecule has 3 aliphatic rings. The molecular weight excluding hydrogens is 320 g/mol. The number of carbonyl (C=O) groups is 3. The number of carboxylic acid groups (broad SMARTS) is 1. The van der Waals surface area contributed by atoms with Gasteiger partial charge in [-0.3, -0.25) is 14.4 Å². The summed E-state index contributed by atoms with van der Waals surface area (Å²) in [5.74, 6) is -2.74. The molecule has 2 amide bonds. The van der Waals surface area contributed by atoms with E-state index in [4.69, 9.17) is 0 Å². The van der Waals surface area contributed by atoms with Crippen LogP contribution in [0.25, 0.3) is 0 Å². The number of carboxylic acids is 1. The Labute approximate surface area is 145 Å². The van der Waals surface area contributed by atoms with Crippen molar-refractivity contribution in [3.8, 4) is 0 Å². The molecule has 1 saturated heterocycles. The van der Waals surface area contributed by atoms with Gasteiger partial charge in [0.25, 0.3) is 0 Å². The second-order valence-corrected chi connectivity index (χ2v) is 7.01. The number of fused-ring (bicyclic) bond motifs is 2. The lowest BCUT2D eigenvalue weighted by molar-refractivity contribution is -0.148. The van der Waals surface area contributed by atoms with E-state index in [1.807, 2.05) is 42.5 Å². The first-order chi connectivity index (χ1) is 12.1. The Morgan fingerprint density at radius 1 is 1.08 bits per heavy atom. The van der Waals surface area contributed by atoms with Gasteiger partial charge in [0.05, 0.1) is 11.8 Å². The highest BCUT2D eigenvalue weighted by Crippen LogP contribution is 2.48. The lowest BCUT2D eigenvalue weighted by atomic mass is 9.82. The van der Waals surface area contributed by atoms with Crippen LogP contribution in [0, 0.1) is 23.7 Å². The number of rotatable bonds is 4. The number of amides is 2. The molecule has 2 bridgehead atoms. The fourth-order valence-corrected chi connectivity index (χ4v) is 4.46. The molecule has 5 unspecified atom stereocenters. The molecule has 1 heterocycles. The Morgan fingerprint density at radius 2 is 1.76 bits per heavy atom. The van der Waals surface area contributed by atoms with Crippen LogP contribution in [0.3, 0.4) is 0 Å². The van der Waals surface area contributed by atoms with Gasteiger partial charge < -0.3 is 15.3 Å². The minimum atomic E-state index is -0.930. The predicted octanol–water partition coefficient (Wildman–Crippen LogP) is 1.43. The maximum Gasteiger partial charge on any atom is 0.307 e. The molecule has 6 nitrogen and oxygen atoms in total. The first kappa shape index (κ1) is 15.9. The van der Waals surface area contributed by atoms with Crippen LogP contribution in [0.1, 0.15) is 12.8 Å². The van der Waals surface area contributed by atoms with E-state index >= 15 is 0 Å². The summed E-state index contributed by atoms with van der Waals surface area (Å²) >= 11 is 0. The largest absolute Gasteiger partial charge is 0.481 e. The standard InChI is InChI=1S/C19H20N2O4/c22-17(15-11-6-7-12(10-11)16(15)19(24)25)20-14-8-9-21(18(14)23)13-4-2-1-3-5-13/h1-7,11-12,14-16H,8-10H2,(H,20,22)(H,24,25). The summed E-state index contributed by atoms with van der Waals surface area (Å²) in [6.07, 6.45) is 5.10. The third kappa shape index (κ3) is 2.62. The van der Waals surface area contributed by atoms with E-state index in [0.29, 0.717) is 19.4 Å². The molecule has 1 saturated carbocycles. The van der Waals surface area contributed by atoms with E-state index < -0.39 is 23.8 Å². The van der Waals surface area contributed by atoms with E-state index in [9.17, 15) is 19.5 Å². The predicted molar refractivity (Wildman–Crippen MR) is 90.7 cm³/mol. The second-order valence-electron chi connectivity index (χ2n) is 7.01. The van der Waals surface area contributed by atoms with Gasteiger partial charge in [0.2, 0.25) is 11.8 Å². The number of nitrogens with one attached hydrogen (secondary N) is 1. The summed E-state index contributed by atoms with van der Waals surface area (Å²) in [5.41, 5.74) is 0.815. The third-order valence-electron chi connectivity index (χ3n) is 5.64. The summed E-state index contributed by atoms with van der Waals surface area (Å²) in [4.78, 5) is 38.6. The Bertz CT molecular complexity index is 745. The molecule has 25 heavy (non-hydrogen) atoms. The quantitative estimate of drug-likeness (QED) is 0.812. The van der Waals surface area contributed by atoms with Crippen molar-refractivity contribution >= 4 is 23.5 Å². The average molecular weight is 340 g/mol. The number of anilines is 1. The lowest BCUT2D eigenvalue weighted by Crippen LogP contribution is -2.47. The fourth-order valence-electron chi connectivity index (χ4n) is 4.46. The second kappa shape index (κ2) is 6.02. The van der Waals surface area contributed by atoms with Crippen molar-refractivity contribution in [2.24, 2.45) is 23.7 Å². The number of hydrogen-bond acceptors (Lipinski definition) is 3. The zero-order valence-electron chi connectivity index (χ0n) is 13.7. The zero-order valence-corrected chi connectivity index (χ0v) is 13.7. The minimum Gasteiger partial charge on any atom is -0.481 e. The molecule has 2 N–H and O–H groups in total. The van der Waals surface area contributed by atoms with E-state index in [1.165, 1.54) is 0 Å². The molecule has 5 atom stereocenters. The van der Waals surface area contributed by atoms with Gasteiger partial charge in [0.15, 0.2) is 0 Å². The van der Waals surface area contributed by atoms with Crippen molar-refractivity contribution < 1.29 is 19.5 Å². The SMILES string of the molecule is O=C(O)C1C2C=CC(C2)C1C(=O)NC1CCN(c2ccccc2)C1=O. The molecule has 2 aliphatic carbocycles. The molecule has 1 aliphatic heterocycles. The number of benzene rings is 1. The topological polar surface area (TPSA) is 86.7 Å². The van der Waals surface area contributed by atoms with Gasteiger partial charge in [-0.15, -0.1) is 0 Å². The number of carbonyl (C=O) groups excluding carboxylic acids is 2. The molecular formula is C19H20N2O4. The highest BCUT2D eigenvalue weighted by atomic mass is 16.4. The maximum atomic E-state index is 12.7. The summed E-state index contributed by atoms with van der Waals surface area (Å²) in [7, 11) is 0. The number of nitrogens with zero attached hydrogens (tertiary/aromatic N) is 1. The first-order valence-electron chi connectivity index (χ1n) is 8.64. The van der Waals surface area contributed by atoms with E-state index in [0.717, 1.165) is 5.69 Å². The van der Waals surface area contributed by atoms with Crippen LogP contribution in [0.4, 0.5) is 5.69 Å². The number of hydrogen-bond donors (Lipinski definition) is 2. The molecule has 130 valence electrons. The van der Waals surface area contributed by atoms with Crippen LogP contribution in [-0.4, -0.2) is 35.5 Å². The molecule has 0 radical (unpaired) electrons. The molecule has 1 aromatic carbocycles. The molecule has 6 heteroatoms. The van der Waals surface area contributed by atoms with Crippen LogP contribution >= 0.6 is 0 Å². The normalized spacial score (nSPS) is 33.0. The van der Waals surface area contributed by atoms with Gasteiger partial charge in [0.1, 0.15) is 6.04 Å². The Morgan fingerprint density at radius 3 is 2.44 bits per heavy atom. The van der Waals surface area contributed by atoms with Crippen molar-refractivity contribution in [3.63, 3.8) is 0 Å². The molecule has 1 aromatic rings. The van der Waals surface area contributed by atoms with Gasteiger partial charge in [-0.25, -0.2) is 0 Å². The molecule has 4 rings (SSSR count). The molecule has 0 aromatic heterocycles. The Hall–Kier alpha value is -2.63. The van der Waals surface area contributed by atoms with Gasteiger partial charge in [-0.1, -0.05) is 30.4 Å². The van der Waals surface area contributed by atoms with Crippen molar-refractivity contribution in [3.05, 3.63) is 42.5 Å². The summed E-state index contributed by atoms with van der Waals surface area (Å²) in [6.45, 7) is 0.548. The van der Waals surface area contributed by atoms with E-state index in [-0.39, 0.29) is 23.7 Å². The Kier molecular flexibility index (Phi) is 3.82. The molecule has 2 fully saturated rings. The smallest absolute Gasteiger partial charge is 0.307 e. The van der Waals surface area contributed by atoms with E-state index in [1.54, 1.807) is 4.90 Å². The summed E-state index contributed by atoms with van der Waals surface area (Å²) < 4.78 is 0. The lowest BCUT2D eigenvalue weighted by Gasteiger charge is -2.25. The average Bonchev–Trinajstić information content (AvgIpc) is 3.31. The monoisotopic (exact) mass is 340 g/mol. The number of para-hydroxylation sites is 1. The van der Waals surface area contributed by atoms with Crippen LogP contribution in [0.5, 0.6) is 0 Å². The van der Waals surface area contributed by atoms with Crippen LogP contribution < -0.4 is 10.2 Å². The van der Waals surface area contributed by atoms with Crippen molar-refractivity contribution in [1.82, 2.24) is 5.32 Å². The summed E-state index contributed by atoms with van der Waals surface area (Å²) in [5, 5.41) is 12.3. The van der Waals surface area contributed by atoms with E-state index in [2.05, 4.69) is 5.32 Å². The van der Waals surface area contributed by atoms with Gasteiger partial charge in [-0.2, -0.15) is 0 Å².